The molecule has 1 fully saturated rings. The van der Waals surface area contributed by atoms with Crippen LogP contribution in [0.2, 0.25) is 0 Å². The van der Waals surface area contributed by atoms with E-state index in [9.17, 15) is 50.0 Å². The van der Waals surface area contributed by atoms with E-state index in [2.05, 4.69) is 31.3 Å². The molecule has 0 saturated heterocycles. The van der Waals surface area contributed by atoms with Crippen LogP contribution in [-0.4, -0.2) is 108 Å². The molecular weight excluding hydrogens is 789 g/mol. The summed E-state index contributed by atoms with van der Waals surface area (Å²) in [5, 5.41) is 74.4. The number of hydrogen-bond donors (Lipinski definition) is 9. The van der Waals surface area contributed by atoms with Gasteiger partial charge in [0.15, 0.2) is 0 Å². The van der Waals surface area contributed by atoms with E-state index < -0.39 is 75.2 Å². The molecule has 1 aliphatic carbocycles. The van der Waals surface area contributed by atoms with Crippen molar-refractivity contribution in [1.82, 2.24) is 5.32 Å². The molecule has 0 aromatic carbocycles. The van der Waals surface area contributed by atoms with Gasteiger partial charge < -0.3 is 46.0 Å². The molecule has 0 aromatic heterocycles. The van der Waals surface area contributed by atoms with Crippen molar-refractivity contribution >= 4 is 13.7 Å². The maximum absolute atomic E-state index is 13.0. The van der Waals surface area contributed by atoms with Crippen LogP contribution in [0.5, 0.6) is 0 Å². The molecule has 1 aliphatic rings. The zero-order valence-electron chi connectivity index (χ0n) is 37.4. The fourth-order valence-electron chi connectivity index (χ4n) is 7.61. The second-order valence-electron chi connectivity index (χ2n) is 17.1. The summed E-state index contributed by atoms with van der Waals surface area (Å²) in [6, 6.07) is -1.25. The highest BCUT2D eigenvalue weighted by molar-refractivity contribution is 7.47. The van der Waals surface area contributed by atoms with Crippen LogP contribution in [0.25, 0.3) is 0 Å². The van der Waals surface area contributed by atoms with Gasteiger partial charge in [0.1, 0.15) is 36.6 Å². The lowest BCUT2D eigenvalue weighted by Gasteiger charge is -2.41. The van der Waals surface area contributed by atoms with Gasteiger partial charge >= 0.3 is 7.82 Å². The number of phosphoric ester groups is 1. The van der Waals surface area contributed by atoms with E-state index in [1.807, 2.05) is 0 Å². The minimum absolute atomic E-state index is 0.249. The Labute approximate surface area is 363 Å². The van der Waals surface area contributed by atoms with Gasteiger partial charge in [0.25, 0.3) is 0 Å². The van der Waals surface area contributed by atoms with Crippen molar-refractivity contribution in [3.8, 4) is 0 Å². The number of unbranched alkanes of at least 4 members (excludes halogenated alkanes) is 24. The van der Waals surface area contributed by atoms with E-state index in [4.69, 9.17) is 9.05 Å². The maximum Gasteiger partial charge on any atom is 0.472 e. The third-order valence-corrected chi connectivity index (χ3v) is 12.5. The normalized spacial score (nSPS) is 23.6. The van der Waals surface area contributed by atoms with E-state index in [1.165, 1.54) is 128 Å². The van der Waals surface area contributed by atoms with Gasteiger partial charge in [0.2, 0.25) is 5.91 Å². The Hall–Kier alpha value is -1.22. The third-order valence-electron chi connectivity index (χ3n) is 11.5. The first-order valence-corrected chi connectivity index (χ1v) is 25.4. The van der Waals surface area contributed by atoms with Crippen LogP contribution in [0.4, 0.5) is 0 Å². The van der Waals surface area contributed by atoms with Gasteiger partial charge in [-0.05, 0) is 32.1 Å². The van der Waals surface area contributed by atoms with Gasteiger partial charge in [-0.1, -0.05) is 186 Å². The molecule has 14 heteroatoms. The van der Waals surface area contributed by atoms with Crippen LogP contribution in [-0.2, 0) is 18.4 Å². The highest BCUT2D eigenvalue weighted by Gasteiger charge is 2.51. The van der Waals surface area contributed by atoms with Crippen LogP contribution in [0, 0.1) is 0 Å². The Morgan fingerprint density at radius 1 is 0.583 bits per heavy atom. The number of rotatable bonds is 39. The number of aliphatic hydroxyl groups is 7. The van der Waals surface area contributed by atoms with Crippen molar-refractivity contribution < 1.29 is 59.0 Å². The highest BCUT2D eigenvalue weighted by Crippen LogP contribution is 2.47. The summed E-state index contributed by atoms with van der Waals surface area (Å²) in [5.74, 6) is -0.601. The monoisotopic (exact) mass is 878 g/mol. The third kappa shape index (κ3) is 27.8. The predicted molar refractivity (Wildman–Crippen MR) is 238 cm³/mol. The second kappa shape index (κ2) is 36.2. The Morgan fingerprint density at radius 2 is 0.983 bits per heavy atom. The standard InChI is InChI=1S/C46H88NO12P/c1-3-5-7-9-11-13-15-17-18-19-20-21-22-23-25-27-29-31-33-37(48)35-40(50)47-38(39(49)34-32-30-28-26-24-16-14-12-10-8-6-4-2)36-58-60(56,57)59-46-44(54)42(52)41(51)43(53)45(46)55/h24,26,32,34,37-39,41-46,48-49,51-55H,3-23,25,27-31,33,35-36H2,1-2H3,(H,47,50)(H,56,57)/b26-24+,34-32+. The van der Waals surface area contributed by atoms with E-state index in [0.717, 1.165) is 44.9 Å². The fraction of sp³-hybridized carbons (Fsp3) is 0.891. The lowest BCUT2D eigenvalue weighted by Crippen LogP contribution is -2.64. The zero-order valence-corrected chi connectivity index (χ0v) is 38.3. The Bertz CT molecular complexity index is 1130. The maximum atomic E-state index is 13.0. The van der Waals surface area contributed by atoms with Gasteiger partial charge in [0, 0.05) is 0 Å². The molecule has 8 unspecified atom stereocenters. The molecule has 1 rings (SSSR count). The molecule has 0 aliphatic heterocycles. The van der Waals surface area contributed by atoms with Crippen molar-refractivity contribution in [2.75, 3.05) is 6.61 Å². The molecule has 0 heterocycles. The Kier molecular flexibility index (Phi) is 34.2. The summed E-state index contributed by atoms with van der Waals surface area (Å²) < 4.78 is 22.8. The highest BCUT2D eigenvalue weighted by atomic mass is 31.2. The summed E-state index contributed by atoms with van der Waals surface area (Å²) in [6.45, 7) is 3.71. The summed E-state index contributed by atoms with van der Waals surface area (Å²) >= 11 is 0. The molecule has 8 atom stereocenters. The molecule has 0 aromatic rings. The summed E-state index contributed by atoms with van der Waals surface area (Å²) in [7, 11) is -5.14. The first kappa shape index (κ1) is 56.8. The summed E-state index contributed by atoms with van der Waals surface area (Å²) in [6.07, 6.45) is 25.6. The molecule has 0 bridgehead atoms. The van der Waals surface area contributed by atoms with Crippen molar-refractivity contribution in [1.29, 1.82) is 0 Å². The minimum atomic E-state index is -5.14. The van der Waals surface area contributed by atoms with Crippen molar-refractivity contribution in [2.24, 2.45) is 0 Å². The largest absolute Gasteiger partial charge is 0.472 e. The van der Waals surface area contributed by atoms with Crippen LogP contribution in [0.3, 0.4) is 0 Å². The number of allylic oxidation sites excluding steroid dienone is 3. The smallest absolute Gasteiger partial charge is 0.393 e. The first-order chi connectivity index (χ1) is 28.8. The minimum Gasteiger partial charge on any atom is -0.393 e. The summed E-state index contributed by atoms with van der Waals surface area (Å²) in [4.78, 5) is 23.4. The van der Waals surface area contributed by atoms with Crippen molar-refractivity contribution in [3.05, 3.63) is 24.3 Å². The molecule has 0 radical (unpaired) electrons. The fourth-order valence-corrected chi connectivity index (χ4v) is 8.58. The predicted octanol–water partition coefficient (Wildman–Crippen LogP) is 7.98. The van der Waals surface area contributed by atoms with Crippen molar-refractivity contribution in [3.63, 3.8) is 0 Å². The van der Waals surface area contributed by atoms with Crippen LogP contribution in [0.15, 0.2) is 24.3 Å². The van der Waals surface area contributed by atoms with Gasteiger partial charge in [-0.15, -0.1) is 0 Å². The number of amides is 1. The van der Waals surface area contributed by atoms with Gasteiger partial charge in [0.05, 0.1) is 31.3 Å². The second-order valence-corrected chi connectivity index (χ2v) is 18.5. The Balaban J connectivity index is 2.50. The van der Waals surface area contributed by atoms with E-state index >= 15 is 0 Å². The molecule has 13 nitrogen and oxygen atoms in total. The van der Waals surface area contributed by atoms with Gasteiger partial charge in [-0.3, -0.25) is 13.8 Å². The van der Waals surface area contributed by atoms with E-state index in [-0.39, 0.29) is 6.42 Å². The van der Waals surface area contributed by atoms with Crippen LogP contribution >= 0.6 is 7.82 Å². The van der Waals surface area contributed by atoms with Crippen molar-refractivity contribution in [2.45, 2.75) is 255 Å². The number of aliphatic hydroxyl groups excluding tert-OH is 7. The average molecular weight is 878 g/mol. The molecular formula is C46H88NO12P. The molecule has 0 spiro atoms. The van der Waals surface area contributed by atoms with E-state index in [0.29, 0.717) is 12.8 Å². The molecule has 354 valence electrons. The van der Waals surface area contributed by atoms with Crippen LogP contribution in [0.1, 0.15) is 200 Å². The molecule has 9 N–H and O–H groups in total. The van der Waals surface area contributed by atoms with Gasteiger partial charge in [-0.25, -0.2) is 4.57 Å². The number of hydrogen-bond acceptors (Lipinski definition) is 11. The lowest BCUT2D eigenvalue weighted by molar-refractivity contribution is -0.220. The number of carbonyl (C=O) groups excluding carboxylic acids is 1. The van der Waals surface area contributed by atoms with E-state index in [1.54, 1.807) is 6.08 Å². The van der Waals surface area contributed by atoms with Crippen LogP contribution < -0.4 is 5.32 Å². The Morgan fingerprint density at radius 3 is 1.47 bits per heavy atom. The number of nitrogens with one attached hydrogen (secondary N) is 1. The van der Waals surface area contributed by atoms with Gasteiger partial charge in [-0.2, -0.15) is 0 Å². The zero-order chi connectivity index (χ0) is 44.4. The average Bonchev–Trinajstić information content (AvgIpc) is 3.22. The number of carbonyl (C=O) groups is 1. The first-order valence-electron chi connectivity index (χ1n) is 23.9. The topological polar surface area (TPSA) is 226 Å². The SMILES string of the molecule is CCCCCCCC/C=C/CC/C=C/C(O)C(COP(=O)(O)OC1C(O)C(O)C(O)C(O)C1O)NC(=O)CC(O)CCCCCCCCCCCCCCCCCCCC. The summed E-state index contributed by atoms with van der Waals surface area (Å²) in [5.41, 5.74) is 0. The lowest BCUT2D eigenvalue weighted by atomic mass is 9.85. The molecule has 1 amide bonds. The molecule has 1 saturated carbocycles. The quantitative estimate of drug-likeness (QED) is 0.0163. The molecule has 60 heavy (non-hydrogen) atoms. The number of phosphoric acid groups is 1.